The second-order valence-electron chi connectivity index (χ2n) is 5.90. The molecule has 0 aliphatic carbocycles. The molecule has 0 saturated heterocycles. The van der Waals surface area contributed by atoms with E-state index in [4.69, 9.17) is 22.1 Å². The van der Waals surface area contributed by atoms with E-state index in [-0.39, 0.29) is 32.6 Å². The van der Waals surface area contributed by atoms with E-state index in [0.29, 0.717) is 5.75 Å². The van der Waals surface area contributed by atoms with Gasteiger partial charge in [0.25, 0.3) is 0 Å². The molecule has 29 heavy (non-hydrogen) atoms. The molecule has 148 valence electrons. The molecule has 0 fully saturated rings. The maximum absolute atomic E-state index is 13.3. The topological polar surface area (TPSA) is 99.3 Å². The number of Topliss-reactive ketones (excluding diaryl/α,β-unsaturated/α-hetero) is 1. The van der Waals surface area contributed by atoms with E-state index in [1.54, 1.807) is 42.6 Å². The normalized spacial score (nSPS) is 11.8. The van der Waals surface area contributed by atoms with Crippen LogP contribution in [0.5, 0.6) is 11.5 Å². The van der Waals surface area contributed by atoms with Crippen molar-refractivity contribution in [2.75, 3.05) is 5.88 Å². The van der Waals surface area contributed by atoms with Crippen molar-refractivity contribution >= 4 is 32.8 Å². The van der Waals surface area contributed by atoms with Crippen molar-refractivity contribution in [1.29, 1.82) is 0 Å². The highest BCUT2D eigenvalue weighted by Crippen LogP contribution is 2.33. The zero-order valence-corrected chi connectivity index (χ0v) is 16.7. The fourth-order valence-electron chi connectivity index (χ4n) is 2.69. The number of alkyl halides is 1. The van der Waals surface area contributed by atoms with Crippen LogP contribution in [0.4, 0.5) is 0 Å². The number of carbonyl (C=O) groups excluding carboxylic acids is 1. The molecular formula is C21H17ClN2O4S. The van der Waals surface area contributed by atoms with Crippen LogP contribution in [-0.2, 0) is 14.6 Å². The van der Waals surface area contributed by atoms with Crippen molar-refractivity contribution in [1.82, 2.24) is 4.98 Å². The highest BCUT2D eigenvalue weighted by Gasteiger charge is 2.26. The Balaban J connectivity index is 2.18. The van der Waals surface area contributed by atoms with Crippen molar-refractivity contribution in [2.24, 2.45) is 5.73 Å². The molecule has 0 amide bonds. The van der Waals surface area contributed by atoms with Crippen LogP contribution in [0, 0.1) is 0 Å². The van der Waals surface area contributed by atoms with Gasteiger partial charge in [-0.25, -0.2) is 8.42 Å². The molecule has 0 unspecified atom stereocenters. The van der Waals surface area contributed by atoms with Gasteiger partial charge in [-0.2, -0.15) is 0 Å². The van der Waals surface area contributed by atoms with Gasteiger partial charge in [0.15, 0.2) is 5.78 Å². The van der Waals surface area contributed by atoms with Gasteiger partial charge in [0.05, 0.1) is 21.9 Å². The molecule has 0 aliphatic heterocycles. The monoisotopic (exact) mass is 428 g/mol. The van der Waals surface area contributed by atoms with Crippen LogP contribution in [0.15, 0.2) is 89.0 Å². The number of benzene rings is 2. The molecule has 0 bridgehead atoms. The first-order chi connectivity index (χ1) is 14.0. The van der Waals surface area contributed by atoms with Crippen LogP contribution in [-0.4, -0.2) is 25.1 Å². The number of pyridine rings is 1. The Morgan fingerprint density at radius 3 is 2.45 bits per heavy atom. The molecule has 0 spiro atoms. The molecule has 3 rings (SSSR count). The number of nitrogens with zero attached hydrogens (tertiary/aromatic N) is 1. The van der Waals surface area contributed by atoms with E-state index in [9.17, 15) is 13.2 Å². The largest absolute Gasteiger partial charge is 0.456 e. The fraction of sp³-hybridized carbons (Fsp3) is 0.0476. The minimum absolute atomic E-state index is 0.0161. The summed E-state index contributed by atoms with van der Waals surface area (Å²) in [5.41, 5.74) is 5.79. The minimum Gasteiger partial charge on any atom is -0.456 e. The third-order valence-corrected chi connectivity index (χ3v) is 6.10. The number of allylic oxidation sites excluding steroid dienone is 1. The molecule has 6 nitrogen and oxygen atoms in total. The summed E-state index contributed by atoms with van der Waals surface area (Å²) in [7, 11) is -3.97. The molecule has 0 atom stereocenters. The van der Waals surface area contributed by atoms with Crippen LogP contribution >= 0.6 is 11.6 Å². The Bertz CT molecular complexity index is 1150. The lowest BCUT2D eigenvalue weighted by atomic mass is 10.0. The SMILES string of the molecule is N/C=C(/C(=O)CCl)c1ccc(Oc2cccnc2)cc1S(=O)(=O)c1ccccc1. The summed E-state index contributed by atoms with van der Waals surface area (Å²) in [4.78, 5) is 16.2. The van der Waals surface area contributed by atoms with E-state index in [1.807, 2.05) is 0 Å². The van der Waals surface area contributed by atoms with E-state index < -0.39 is 15.6 Å². The molecule has 0 aliphatic rings. The zero-order valence-electron chi connectivity index (χ0n) is 15.2. The number of nitrogens with two attached hydrogens (primary N) is 1. The highest BCUT2D eigenvalue weighted by molar-refractivity contribution is 7.91. The summed E-state index contributed by atoms with van der Waals surface area (Å²) in [6.07, 6.45) is 4.16. The quantitative estimate of drug-likeness (QED) is 0.453. The van der Waals surface area contributed by atoms with E-state index in [0.717, 1.165) is 6.20 Å². The molecule has 2 N–H and O–H groups in total. The number of hydrogen-bond donors (Lipinski definition) is 1. The van der Waals surface area contributed by atoms with Crippen molar-refractivity contribution in [2.45, 2.75) is 9.79 Å². The maximum atomic E-state index is 13.3. The Morgan fingerprint density at radius 2 is 1.83 bits per heavy atom. The van der Waals surface area contributed by atoms with Crippen LogP contribution in [0.25, 0.3) is 5.57 Å². The summed E-state index contributed by atoms with van der Waals surface area (Å²) in [6, 6.07) is 15.7. The number of hydrogen-bond acceptors (Lipinski definition) is 6. The average molecular weight is 429 g/mol. The van der Waals surface area contributed by atoms with Gasteiger partial charge in [0.2, 0.25) is 9.84 Å². The fourth-order valence-corrected chi connectivity index (χ4v) is 4.34. The maximum Gasteiger partial charge on any atom is 0.207 e. The number of carbonyl (C=O) groups is 1. The van der Waals surface area contributed by atoms with E-state index in [2.05, 4.69) is 4.98 Å². The van der Waals surface area contributed by atoms with Crippen LogP contribution in [0.3, 0.4) is 0 Å². The lowest BCUT2D eigenvalue weighted by molar-refractivity contribution is -0.111. The number of sulfone groups is 1. The van der Waals surface area contributed by atoms with Gasteiger partial charge in [-0.15, -0.1) is 11.6 Å². The summed E-state index contributed by atoms with van der Waals surface area (Å²) in [5, 5.41) is 0. The Hall–Kier alpha value is -3.16. The Morgan fingerprint density at radius 1 is 1.07 bits per heavy atom. The van der Waals surface area contributed by atoms with E-state index >= 15 is 0 Å². The molecular weight excluding hydrogens is 412 g/mol. The minimum atomic E-state index is -3.97. The van der Waals surface area contributed by atoms with Gasteiger partial charge in [0.1, 0.15) is 11.5 Å². The summed E-state index contributed by atoms with van der Waals surface area (Å²) in [6.45, 7) is 0. The second-order valence-corrected chi connectivity index (χ2v) is 8.09. The van der Waals surface area contributed by atoms with Crippen LogP contribution in [0.1, 0.15) is 5.56 Å². The molecule has 2 aromatic carbocycles. The summed E-state index contributed by atoms with van der Waals surface area (Å²) in [5.74, 6) is -0.109. The number of rotatable bonds is 7. The van der Waals surface area contributed by atoms with Gasteiger partial charge >= 0.3 is 0 Å². The molecule has 0 radical (unpaired) electrons. The van der Waals surface area contributed by atoms with Crippen molar-refractivity contribution in [3.05, 3.63) is 84.8 Å². The first kappa shape index (κ1) is 20.6. The predicted molar refractivity (Wildman–Crippen MR) is 111 cm³/mol. The molecule has 8 heteroatoms. The number of ketones is 1. The standard InChI is InChI=1S/C21H17ClN2O4S/c22-12-20(25)19(13-23)18-9-8-15(28-16-5-4-10-24-14-16)11-21(18)29(26,27)17-6-2-1-3-7-17/h1-11,13-14H,12,23H2/b19-13+. The van der Waals surface area contributed by atoms with Gasteiger partial charge in [-0.3, -0.25) is 9.78 Å². The van der Waals surface area contributed by atoms with Gasteiger partial charge in [0, 0.05) is 29.6 Å². The first-order valence-electron chi connectivity index (χ1n) is 8.51. The van der Waals surface area contributed by atoms with Crippen LogP contribution in [0.2, 0.25) is 0 Å². The summed E-state index contributed by atoms with van der Waals surface area (Å²) < 4.78 is 32.3. The zero-order chi connectivity index (χ0) is 20.9. The van der Waals surface area contributed by atoms with Gasteiger partial charge in [-0.05, 0) is 36.4 Å². The van der Waals surface area contributed by atoms with Gasteiger partial charge < -0.3 is 10.5 Å². The van der Waals surface area contributed by atoms with Crippen molar-refractivity contribution in [3.8, 4) is 11.5 Å². The van der Waals surface area contributed by atoms with Crippen LogP contribution < -0.4 is 10.5 Å². The first-order valence-corrected chi connectivity index (χ1v) is 10.5. The molecule has 3 aromatic rings. The Labute approximate surface area is 173 Å². The number of halogens is 1. The Kier molecular flexibility index (Phi) is 6.31. The highest BCUT2D eigenvalue weighted by atomic mass is 35.5. The van der Waals surface area contributed by atoms with Crippen molar-refractivity contribution < 1.29 is 17.9 Å². The predicted octanol–water partition coefficient (Wildman–Crippen LogP) is 3.81. The second kappa shape index (κ2) is 8.89. The average Bonchev–Trinajstić information content (AvgIpc) is 2.76. The smallest absolute Gasteiger partial charge is 0.207 e. The van der Waals surface area contributed by atoms with Gasteiger partial charge in [-0.1, -0.05) is 18.2 Å². The molecule has 1 heterocycles. The third-order valence-electron chi connectivity index (χ3n) is 4.04. The summed E-state index contributed by atoms with van der Waals surface area (Å²) >= 11 is 5.67. The number of aromatic nitrogens is 1. The van der Waals surface area contributed by atoms with Crippen molar-refractivity contribution in [3.63, 3.8) is 0 Å². The molecule has 1 aromatic heterocycles. The van der Waals surface area contributed by atoms with E-state index in [1.165, 1.54) is 30.5 Å². The third kappa shape index (κ3) is 4.47. The lowest BCUT2D eigenvalue weighted by Crippen LogP contribution is -2.11. The lowest BCUT2D eigenvalue weighted by Gasteiger charge is -2.14. The molecule has 0 saturated carbocycles. The number of ether oxygens (including phenoxy) is 1.